The van der Waals surface area contributed by atoms with E-state index in [1.165, 1.54) is 44.0 Å². The highest BCUT2D eigenvalue weighted by atomic mass is 32.2. The van der Waals surface area contributed by atoms with Crippen LogP contribution in [0.1, 0.15) is 72.3 Å². The van der Waals surface area contributed by atoms with E-state index in [9.17, 15) is 9.59 Å². The molecule has 0 aliphatic rings. The molecule has 4 nitrogen and oxygen atoms in total. The van der Waals surface area contributed by atoms with Crippen LogP contribution in [-0.4, -0.2) is 23.5 Å². The van der Waals surface area contributed by atoms with Crippen molar-refractivity contribution in [3.8, 4) is 11.1 Å². The molecule has 6 heteroatoms. The summed E-state index contributed by atoms with van der Waals surface area (Å²) < 4.78 is -0.223. The van der Waals surface area contributed by atoms with Crippen LogP contribution in [0.2, 0.25) is 0 Å². The van der Waals surface area contributed by atoms with Gasteiger partial charge >= 0.3 is 5.97 Å². The molecule has 0 aliphatic heterocycles. The lowest BCUT2D eigenvalue weighted by atomic mass is 9.85. The molecule has 0 bridgehead atoms. The van der Waals surface area contributed by atoms with Gasteiger partial charge in [-0.25, -0.2) is 0 Å². The van der Waals surface area contributed by atoms with Crippen LogP contribution in [0.15, 0.2) is 53.4 Å². The van der Waals surface area contributed by atoms with Crippen LogP contribution < -0.4 is 5.32 Å². The first-order valence-corrected chi connectivity index (χ1v) is 13.4. The SMILES string of the molecule is Cc1cc(SC(C)(C)c2ccc(C(=O)NCCC(=O)O)s2)cc(C)c1-c1ccc(C(C)(C)C)cc1. The highest BCUT2D eigenvalue weighted by Gasteiger charge is 2.26. The minimum absolute atomic E-state index is 0.0826. The van der Waals surface area contributed by atoms with Gasteiger partial charge in [0, 0.05) is 21.1 Å². The van der Waals surface area contributed by atoms with Gasteiger partial charge in [0.05, 0.1) is 11.3 Å². The van der Waals surface area contributed by atoms with Crippen LogP contribution in [0.25, 0.3) is 11.1 Å². The summed E-state index contributed by atoms with van der Waals surface area (Å²) in [6.07, 6.45) is -0.0826. The molecular formula is C29H35NO3S2. The van der Waals surface area contributed by atoms with Crippen molar-refractivity contribution in [2.45, 2.75) is 69.9 Å². The molecule has 1 heterocycles. The lowest BCUT2D eigenvalue weighted by molar-refractivity contribution is -0.136. The monoisotopic (exact) mass is 509 g/mol. The van der Waals surface area contributed by atoms with Crippen molar-refractivity contribution in [1.82, 2.24) is 5.32 Å². The van der Waals surface area contributed by atoms with Crippen LogP contribution in [0.4, 0.5) is 0 Å². The van der Waals surface area contributed by atoms with E-state index in [0.717, 1.165) is 4.88 Å². The van der Waals surface area contributed by atoms with Gasteiger partial charge in [-0.3, -0.25) is 9.59 Å². The quantitative estimate of drug-likeness (QED) is 0.308. The van der Waals surface area contributed by atoms with Crippen molar-refractivity contribution in [2.75, 3.05) is 6.54 Å². The minimum atomic E-state index is -0.923. The number of hydrogen-bond donors (Lipinski definition) is 2. The molecular weight excluding hydrogens is 474 g/mol. The summed E-state index contributed by atoms with van der Waals surface area (Å²) in [6.45, 7) is 15.5. The van der Waals surface area contributed by atoms with E-state index in [4.69, 9.17) is 5.11 Å². The normalized spacial score (nSPS) is 12.0. The molecule has 186 valence electrons. The Bertz CT molecular complexity index is 1190. The molecule has 35 heavy (non-hydrogen) atoms. The Balaban J connectivity index is 1.77. The molecule has 3 aromatic rings. The maximum atomic E-state index is 12.4. The first-order chi connectivity index (χ1) is 16.3. The Morgan fingerprint density at radius 2 is 1.54 bits per heavy atom. The Hall–Kier alpha value is -2.57. The summed E-state index contributed by atoms with van der Waals surface area (Å²) in [4.78, 5) is 25.9. The van der Waals surface area contributed by atoms with Gasteiger partial charge in [0.15, 0.2) is 0 Å². The number of aliphatic carboxylic acids is 1. The first kappa shape index (κ1) is 27.0. The number of thiophene rings is 1. The first-order valence-electron chi connectivity index (χ1n) is 11.8. The zero-order valence-electron chi connectivity index (χ0n) is 21.6. The number of amides is 1. The third-order valence-electron chi connectivity index (χ3n) is 5.97. The maximum absolute atomic E-state index is 12.4. The Kier molecular flexibility index (Phi) is 8.17. The van der Waals surface area contributed by atoms with Crippen LogP contribution in [-0.2, 0) is 15.0 Å². The molecule has 0 radical (unpaired) electrons. The summed E-state index contributed by atoms with van der Waals surface area (Å²) in [5.41, 5.74) is 6.48. The second-order valence-corrected chi connectivity index (χ2v) is 13.2. The summed E-state index contributed by atoms with van der Waals surface area (Å²) >= 11 is 3.24. The van der Waals surface area contributed by atoms with Crippen molar-refractivity contribution in [2.24, 2.45) is 0 Å². The third-order valence-corrected chi connectivity index (χ3v) is 8.70. The maximum Gasteiger partial charge on any atom is 0.305 e. The van der Waals surface area contributed by atoms with Crippen molar-refractivity contribution in [1.29, 1.82) is 0 Å². The van der Waals surface area contributed by atoms with E-state index < -0.39 is 5.97 Å². The number of nitrogens with one attached hydrogen (secondary N) is 1. The number of benzene rings is 2. The summed E-state index contributed by atoms with van der Waals surface area (Å²) in [6, 6.07) is 17.2. The van der Waals surface area contributed by atoms with E-state index >= 15 is 0 Å². The zero-order chi connectivity index (χ0) is 26.0. The van der Waals surface area contributed by atoms with Crippen LogP contribution in [0.3, 0.4) is 0 Å². The summed E-state index contributed by atoms with van der Waals surface area (Å²) in [7, 11) is 0. The Morgan fingerprint density at radius 3 is 2.09 bits per heavy atom. The molecule has 1 amide bonds. The number of carboxylic acid groups (broad SMARTS) is 1. The number of aryl methyl sites for hydroxylation is 2. The number of carbonyl (C=O) groups is 2. The van der Waals surface area contributed by atoms with E-state index in [-0.39, 0.29) is 29.0 Å². The molecule has 0 spiro atoms. The molecule has 0 saturated carbocycles. The Labute approximate surface area is 217 Å². The van der Waals surface area contributed by atoms with Gasteiger partial charge in [0.2, 0.25) is 0 Å². The highest BCUT2D eigenvalue weighted by molar-refractivity contribution is 8.00. The van der Waals surface area contributed by atoms with E-state index in [1.807, 2.05) is 12.1 Å². The predicted molar refractivity (Wildman–Crippen MR) is 148 cm³/mol. The molecule has 2 aromatic carbocycles. The summed E-state index contributed by atoms with van der Waals surface area (Å²) in [5.74, 6) is -1.15. The summed E-state index contributed by atoms with van der Waals surface area (Å²) in [5, 5.41) is 11.4. The largest absolute Gasteiger partial charge is 0.481 e. The average molecular weight is 510 g/mol. The lowest BCUT2D eigenvalue weighted by Crippen LogP contribution is -2.25. The number of thioether (sulfide) groups is 1. The fraction of sp³-hybridized carbons (Fsp3) is 0.379. The highest BCUT2D eigenvalue weighted by Crippen LogP contribution is 2.45. The topological polar surface area (TPSA) is 66.4 Å². The van der Waals surface area contributed by atoms with E-state index in [0.29, 0.717) is 4.88 Å². The van der Waals surface area contributed by atoms with E-state index in [1.54, 1.807) is 11.8 Å². The molecule has 3 rings (SSSR count). The Morgan fingerprint density at radius 1 is 0.943 bits per heavy atom. The fourth-order valence-electron chi connectivity index (χ4n) is 4.07. The molecule has 0 unspecified atom stereocenters. The van der Waals surface area contributed by atoms with Crippen LogP contribution in [0, 0.1) is 13.8 Å². The third kappa shape index (κ3) is 6.77. The van der Waals surface area contributed by atoms with Gasteiger partial charge in [-0.2, -0.15) is 0 Å². The van der Waals surface area contributed by atoms with Gasteiger partial charge in [-0.1, -0.05) is 45.0 Å². The second-order valence-electron chi connectivity index (χ2n) is 10.4. The van der Waals surface area contributed by atoms with Crippen LogP contribution >= 0.6 is 23.1 Å². The van der Waals surface area contributed by atoms with Crippen molar-refractivity contribution in [3.05, 3.63) is 75.0 Å². The molecule has 1 aromatic heterocycles. The number of rotatable bonds is 8. The van der Waals surface area contributed by atoms with Crippen LogP contribution in [0.5, 0.6) is 0 Å². The number of carboxylic acids is 1. The van der Waals surface area contributed by atoms with Crippen molar-refractivity contribution < 1.29 is 14.7 Å². The second kappa shape index (κ2) is 10.6. The van der Waals surface area contributed by atoms with Crippen molar-refractivity contribution >= 4 is 35.0 Å². The number of carbonyl (C=O) groups excluding carboxylic acids is 1. The van der Waals surface area contributed by atoms with Gasteiger partial charge in [-0.05, 0) is 85.2 Å². The van der Waals surface area contributed by atoms with Crippen molar-refractivity contribution in [3.63, 3.8) is 0 Å². The molecule has 2 N–H and O–H groups in total. The van der Waals surface area contributed by atoms with Gasteiger partial charge < -0.3 is 10.4 Å². The van der Waals surface area contributed by atoms with Gasteiger partial charge in [0.25, 0.3) is 5.91 Å². The fourth-order valence-corrected chi connectivity index (χ4v) is 6.47. The average Bonchev–Trinajstić information content (AvgIpc) is 3.24. The molecule has 0 saturated heterocycles. The standard InChI is InChI=1S/C29H35NO3S2/c1-18-16-22(17-19(2)26(18)20-8-10-21(11-9-20)28(3,4)5)35-29(6,7)24-13-12-23(34-24)27(33)30-15-14-25(31)32/h8-13,16-17H,14-15H2,1-7H3,(H,30,33)(H,31,32). The minimum Gasteiger partial charge on any atom is -0.481 e. The van der Waals surface area contributed by atoms with E-state index in [2.05, 4.69) is 90.2 Å². The smallest absolute Gasteiger partial charge is 0.305 e. The number of hydrogen-bond acceptors (Lipinski definition) is 4. The van der Waals surface area contributed by atoms with Gasteiger partial charge in [-0.15, -0.1) is 23.1 Å². The molecule has 0 atom stereocenters. The van der Waals surface area contributed by atoms with Gasteiger partial charge in [0.1, 0.15) is 0 Å². The zero-order valence-corrected chi connectivity index (χ0v) is 23.2. The predicted octanol–water partition coefficient (Wildman–Crippen LogP) is 7.56. The molecule has 0 fully saturated rings. The molecule has 0 aliphatic carbocycles. The lowest BCUT2D eigenvalue weighted by Gasteiger charge is -2.24.